The fourth-order valence-electron chi connectivity index (χ4n) is 10.2. The van der Waals surface area contributed by atoms with Crippen molar-refractivity contribution in [3.63, 3.8) is 0 Å². The summed E-state index contributed by atoms with van der Waals surface area (Å²) in [7, 11) is -3.03. The molecule has 0 unspecified atom stereocenters. The number of ether oxygens (including phenoxy) is 1. The van der Waals surface area contributed by atoms with Gasteiger partial charge in [0.05, 0.1) is 17.1 Å². The zero-order valence-corrected chi connectivity index (χ0v) is 33.2. The van der Waals surface area contributed by atoms with Gasteiger partial charge in [0.1, 0.15) is 0 Å². The van der Waals surface area contributed by atoms with Gasteiger partial charge in [-0.15, -0.1) is 0 Å². The van der Waals surface area contributed by atoms with Crippen LogP contribution in [0.1, 0.15) is 0 Å². The molecule has 3 heterocycles. The van der Waals surface area contributed by atoms with Crippen LogP contribution in [0.5, 0.6) is 11.5 Å². The number of rotatable bonds is 5. The summed E-state index contributed by atoms with van der Waals surface area (Å²) < 4.78 is 7.36. The first-order chi connectivity index (χ1) is 29.3. The monoisotopic (exact) mass is 768 g/mol. The molecule has 0 bridgehead atoms. The van der Waals surface area contributed by atoms with Crippen LogP contribution in [0.3, 0.4) is 0 Å². The third-order valence-electron chi connectivity index (χ3n) is 12.6. The molecule has 12 rings (SSSR count). The summed E-state index contributed by atoms with van der Waals surface area (Å²) in [5.74, 6) is 1.69. The van der Waals surface area contributed by atoms with E-state index in [2.05, 4.69) is 234 Å². The maximum Gasteiger partial charge on any atom is 0.246 e. The molecule has 3 nitrogen and oxygen atoms in total. The van der Waals surface area contributed by atoms with Gasteiger partial charge in [-0.05, 0) is 91.3 Å². The Balaban J connectivity index is 1.25. The van der Waals surface area contributed by atoms with Gasteiger partial charge in [0.25, 0.3) is 0 Å². The van der Waals surface area contributed by atoms with Gasteiger partial charge >= 0.3 is 0 Å². The second-order valence-electron chi connectivity index (χ2n) is 15.6. The van der Waals surface area contributed by atoms with E-state index in [1.807, 2.05) is 0 Å². The van der Waals surface area contributed by atoms with Crippen molar-refractivity contribution in [1.29, 1.82) is 0 Å². The van der Waals surface area contributed by atoms with Gasteiger partial charge in [0.2, 0.25) is 6.71 Å². The zero-order valence-electron chi connectivity index (χ0n) is 32.2. The lowest BCUT2D eigenvalue weighted by atomic mass is 9.34. The minimum atomic E-state index is -3.03. The Morgan fingerprint density at radius 2 is 0.915 bits per heavy atom. The SMILES string of the molecule is c1ccc(-c2ccc(N3c4ccccc4Oc4c3cc3c5c4N(c4ccccc4)c4ccccc4B5c4ccccc4[Si]3(c3ccccc3)c3ccccc3)cc2)cc1. The fourth-order valence-corrected chi connectivity index (χ4v) is 15.5. The third-order valence-corrected chi connectivity index (χ3v) is 17.5. The lowest BCUT2D eigenvalue weighted by Crippen LogP contribution is -2.87. The summed E-state index contributed by atoms with van der Waals surface area (Å²) in [5, 5.41) is 5.54. The first-order valence-electron chi connectivity index (χ1n) is 20.4. The molecule has 3 aliphatic heterocycles. The summed E-state index contributed by atoms with van der Waals surface area (Å²) in [5.41, 5.74) is 12.9. The molecule has 0 aliphatic carbocycles. The largest absolute Gasteiger partial charge is 0.451 e. The smallest absolute Gasteiger partial charge is 0.246 e. The molecule has 5 heteroatoms. The predicted molar refractivity (Wildman–Crippen MR) is 250 cm³/mol. The van der Waals surface area contributed by atoms with Gasteiger partial charge in [-0.2, -0.15) is 0 Å². The Kier molecular flexibility index (Phi) is 7.65. The van der Waals surface area contributed by atoms with Crippen LogP contribution in [0.2, 0.25) is 0 Å². The molecule has 0 N–H and O–H groups in total. The standard InChI is InChI=1S/C54H37BN2OSi/c1-5-19-38(20-6-1)39-33-35-41(36-34-39)56-47-30-16-17-31-49(47)58-54-48(56)37-51-52-53(54)57(40-21-7-2-8-22-40)46-29-15-13-27-44(46)55(52)45-28-14-18-32-50(45)59(51,42-23-9-3-10-24-42)43-25-11-4-12-26-43/h1-37H. The maximum atomic E-state index is 7.36. The molecule has 0 radical (unpaired) electrons. The first kappa shape index (κ1) is 33.8. The van der Waals surface area contributed by atoms with E-state index < -0.39 is 8.07 Å². The topological polar surface area (TPSA) is 15.7 Å². The molecule has 3 aliphatic rings. The lowest BCUT2D eigenvalue weighted by molar-refractivity contribution is 0.478. The molecule has 9 aromatic carbocycles. The van der Waals surface area contributed by atoms with E-state index >= 15 is 0 Å². The maximum absolute atomic E-state index is 7.36. The van der Waals surface area contributed by atoms with Crippen LogP contribution in [0.4, 0.5) is 34.1 Å². The minimum absolute atomic E-state index is 0.00918. The summed E-state index contributed by atoms with van der Waals surface area (Å²) in [6.45, 7) is -0.00918. The van der Waals surface area contributed by atoms with Gasteiger partial charge < -0.3 is 14.5 Å². The van der Waals surface area contributed by atoms with E-state index in [1.54, 1.807) is 0 Å². The summed E-state index contributed by atoms with van der Waals surface area (Å²) in [6, 6.07) is 82.5. The van der Waals surface area contributed by atoms with Crippen LogP contribution in [-0.2, 0) is 0 Å². The minimum Gasteiger partial charge on any atom is -0.451 e. The summed E-state index contributed by atoms with van der Waals surface area (Å²) >= 11 is 0. The van der Waals surface area contributed by atoms with Crippen LogP contribution >= 0.6 is 0 Å². The van der Waals surface area contributed by atoms with Crippen LogP contribution in [0, 0.1) is 0 Å². The number of para-hydroxylation sites is 4. The summed E-state index contributed by atoms with van der Waals surface area (Å²) in [6.07, 6.45) is 0. The van der Waals surface area contributed by atoms with Crippen LogP contribution in [0.15, 0.2) is 224 Å². The van der Waals surface area contributed by atoms with Crippen molar-refractivity contribution in [2.24, 2.45) is 0 Å². The highest BCUT2D eigenvalue weighted by atomic mass is 28.3. The van der Waals surface area contributed by atoms with Crippen LogP contribution in [-0.4, -0.2) is 14.8 Å². The highest BCUT2D eigenvalue weighted by Gasteiger charge is 2.54. The number of anilines is 6. The Bertz CT molecular complexity index is 2990. The fraction of sp³-hybridized carbons (Fsp3) is 0. The molecule has 0 saturated heterocycles. The number of hydrogen-bond donors (Lipinski definition) is 0. The van der Waals surface area contributed by atoms with E-state index in [0.29, 0.717) is 0 Å². The average molecular weight is 769 g/mol. The number of fused-ring (bicyclic) bond motifs is 7. The molecule has 0 spiro atoms. The Morgan fingerprint density at radius 1 is 0.390 bits per heavy atom. The Morgan fingerprint density at radius 3 is 1.61 bits per heavy atom. The molecule has 276 valence electrons. The van der Waals surface area contributed by atoms with Gasteiger partial charge in [0, 0.05) is 17.1 Å². The molecule has 0 saturated carbocycles. The van der Waals surface area contributed by atoms with Crippen molar-refractivity contribution in [3.8, 4) is 22.6 Å². The second kappa shape index (κ2) is 13.4. The Hall–Kier alpha value is -7.34. The van der Waals surface area contributed by atoms with E-state index in [1.165, 1.54) is 53.9 Å². The Labute approximate surface area is 346 Å². The van der Waals surface area contributed by atoms with Gasteiger partial charge in [-0.3, -0.25) is 0 Å². The molecular formula is C54H37BN2OSi. The molecular weight excluding hydrogens is 732 g/mol. The lowest BCUT2D eigenvalue weighted by Gasteiger charge is -2.49. The van der Waals surface area contributed by atoms with E-state index in [4.69, 9.17) is 4.74 Å². The van der Waals surface area contributed by atoms with E-state index in [0.717, 1.165) is 39.9 Å². The molecule has 0 amide bonds. The molecule has 0 aromatic heterocycles. The van der Waals surface area contributed by atoms with Crippen LogP contribution in [0.25, 0.3) is 11.1 Å². The highest BCUT2D eigenvalue weighted by molar-refractivity contribution is 7.26. The quantitative estimate of drug-likeness (QED) is 0.163. The number of nitrogens with zero attached hydrogens (tertiary/aromatic N) is 2. The van der Waals surface area contributed by atoms with Gasteiger partial charge in [0.15, 0.2) is 19.6 Å². The van der Waals surface area contributed by atoms with Crippen molar-refractivity contribution in [3.05, 3.63) is 224 Å². The molecule has 0 fully saturated rings. The van der Waals surface area contributed by atoms with E-state index in [-0.39, 0.29) is 6.71 Å². The molecule has 59 heavy (non-hydrogen) atoms. The van der Waals surface area contributed by atoms with Gasteiger partial charge in [-0.25, -0.2) is 0 Å². The molecule has 0 atom stereocenters. The summed E-state index contributed by atoms with van der Waals surface area (Å²) in [4.78, 5) is 4.92. The first-order valence-corrected chi connectivity index (χ1v) is 22.4. The normalized spacial score (nSPS) is 13.9. The van der Waals surface area contributed by atoms with Crippen molar-refractivity contribution >= 4 is 86.0 Å². The zero-order chi connectivity index (χ0) is 38.9. The van der Waals surface area contributed by atoms with E-state index in [9.17, 15) is 0 Å². The number of benzene rings is 9. The number of hydrogen-bond acceptors (Lipinski definition) is 3. The van der Waals surface area contributed by atoms with Crippen molar-refractivity contribution in [2.45, 2.75) is 0 Å². The second-order valence-corrected chi connectivity index (χ2v) is 19.3. The molecule has 9 aromatic rings. The predicted octanol–water partition coefficient (Wildman–Crippen LogP) is 8.92. The third kappa shape index (κ3) is 4.95. The van der Waals surface area contributed by atoms with Crippen LogP contribution < -0.4 is 51.7 Å². The van der Waals surface area contributed by atoms with Crippen molar-refractivity contribution < 1.29 is 4.74 Å². The van der Waals surface area contributed by atoms with Crippen molar-refractivity contribution in [1.82, 2.24) is 0 Å². The average Bonchev–Trinajstić information content (AvgIpc) is 3.32. The highest BCUT2D eigenvalue weighted by Crippen LogP contribution is 2.55. The van der Waals surface area contributed by atoms with Crippen molar-refractivity contribution in [2.75, 3.05) is 9.80 Å². The van der Waals surface area contributed by atoms with Gasteiger partial charge in [-0.1, -0.05) is 181 Å².